The van der Waals surface area contributed by atoms with E-state index < -0.39 is 40.8 Å². The monoisotopic (exact) mass is 566 g/mol. The van der Waals surface area contributed by atoms with E-state index in [1.165, 1.54) is 7.11 Å². The summed E-state index contributed by atoms with van der Waals surface area (Å²) in [6.45, 7) is 1.69. The van der Waals surface area contributed by atoms with E-state index in [2.05, 4.69) is 9.88 Å². The lowest BCUT2D eigenvalue weighted by atomic mass is 9.71. The van der Waals surface area contributed by atoms with Crippen LogP contribution in [-0.2, 0) is 4.79 Å². The van der Waals surface area contributed by atoms with E-state index in [9.17, 15) is 32.6 Å². The lowest BCUT2D eigenvalue weighted by molar-refractivity contribution is -0.141. The molecule has 1 aromatic heterocycles. The number of fused-ring (bicyclic) bond motifs is 1. The third-order valence-electron chi connectivity index (χ3n) is 7.42. The van der Waals surface area contributed by atoms with Crippen molar-refractivity contribution in [3.8, 4) is 5.75 Å². The van der Waals surface area contributed by atoms with Gasteiger partial charge in [-0.1, -0.05) is 0 Å². The van der Waals surface area contributed by atoms with Gasteiger partial charge in [-0.05, 0) is 68.5 Å². The number of hydrogen-bond acceptors (Lipinski definition) is 6. The molecule has 2 aromatic carbocycles. The number of rotatable bonds is 11. The standard InChI is InChI=1S/C28H30F4N2O4S/c1-38-18-2-3-22-19(14-18)26(21(31)16-33-22)23(35)4-5-28(15-25(36)37)6-8-34(9-7-28)10-11-39-24-13-17(29)12-20(30)27(24)32/h2-3,12-14,16,23,35H,4-11,15H2,1H3,(H,36,37). The second-order valence-corrected chi connectivity index (χ2v) is 11.1. The first-order chi connectivity index (χ1) is 18.6. The van der Waals surface area contributed by atoms with Gasteiger partial charge in [0.25, 0.3) is 0 Å². The first-order valence-electron chi connectivity index (χ1n) is 12.6. The maximum atomic E-state index is 14.8. The molecule has 11 heteroatoms. The topological polar surface area (TPSA) is 82.9 Å². The molecule has 1 aliphatic heterocycles. The SMILES string of the molecule is COc1ccc2ncc(F)c(C(O)CCC3(CC(=O)O)CCN(CCSc4cc(F)cc(F)c4F)CC3)c2c1. The van der Waals surface area contributed by atoms with Crippen molar-refractivity contribution in [2.75, 3.05) is 32.5 Å². The minimum atomic E-state index is -1.23. The molecular weight excluding hydrogens is 536 g/mol. The number of aromatic nitrogens is 1. The normalized spacial score (nSPS) is 16.4. The van der Waals surface area contributed by atoms with Crippen molar-refractivity contribution in [1.29, 1.82) is 0 Å². The Morgan fingerprint density at radius 3 is 2.59 bits per heavy atom. The van der Waals surface area contributed by atoms with Crippen LogP contribution in [0.4, 0.5) is 17.6 Å². The van der Waals surface area contributed by atoms with Crippen molar-refractivity contribution >= 4 is 28.6 Å². The summed E-state index contributed by atoms with van der Waals surface area (Å²) in [6, 6.07) is 6.48. The molecule has 0 radical (unpaired) electrons. The Kier molecular flexibility index (Phi) is 9.35. The Bertz CT molecular complexity index is 1330. The van der Waals surface area contributed by atoms with E-state index in [-0.39, 0.29) is 23.3 Å². The zero-order valence-electron chi connectivity index (χ0n) is 21.4. The van der Waals surface area contributed by atoms with Gasteiger partial charge >= 0.3 is 5.97 Å². The van der Waals surface area contributed by atoms with Gasteiger partial charge in [-0.15, -0.1) is 11.8 Å². The summed E-state index contributed by atoms with van der Waals surface area (Å²) in [5.74, 6) is -3.82. The Hall–Kier alpha value is -2.89. The molecule has 0 bridgehead atoms. The Balaban J connectivity index is 1.39. The molecule has 0 aliphatic carbocycles. The van der Waals surface area contributed by atoms with Crippen LogP contribution >= 0.6 is 11.8 Å². The minimum Gasteiger partial charge on any atom is -0.497 e. The van der Waals surface area contributed by atoms with Crippen LogP contribution in [0.5, 0.6) is 5.75 Å². The van der Waals surface area contributed by atoms with Crippen molar-refractivity contribution in [1.82, 2.24) is 9.88 Å². The predicted molar refractivity (Wildman–Crippen MR) is 140 cm³/mol. The van der Waals surface area contributed by atoms with Crippen LogP contribution in [0.2, 0.25) is 0 Å². The number of hydrogen-bond donors (Lipinski definition) is 2. The van der Waals surface area contributed by atoms with Gasteiger partial charge in [-0.2, -0.15) is 0 Å². The molecule has 1 fully saturated rings. The molecule has 1 unspecified atom stereocenters. The average molecular weight is 567 g/mol. The van der Waals surface area contributed by atoms with Gasteiger partial charge in [-0.25, -0.2) is 17.6 Å². The lowest BCUT2D eigenvalue weighted by Gasteiger charge is -2.41. The summed E-state index contributed by atoms with van der Waals surface area (Å²) in [5.41, 5.74) is 0.0454. The van der Waals surface area contributed by atoms with E-state index in [1.54, 1.807) is 18.2 Å². The second kappa shape index (κ2) is 12.5. The maximum absolute atomic E-state index is 14.8. The number of carboxylic acid groups (broad SMARTS) is 1. The highest BCUT2D eigenvalue weighted by molar-refractivity contribution is 7.99. The Labute approximate surface area is 228 Å². The Morgan fingerprint density at radius 1 is 1.15 bits per heavy atom. The van der Waals surface area contributed by atoms with Gasteiger partial charge in [0, 0.05) is 34.2 Å². The number of thioether (sulfide) groups is 1. The third kappa shape index (κ3) is 7.01. The van der Waals surface area contributed by atoms with Crippen molar-refractivity contribution in [2.24, 2.45) is 5.41 Å². The number of methoxy groups -OCH3 is 1. The molecule has 0 saturated carbocycles. The summed E-state index contributed by atoms with van der Waals surface area (Å²) in [7, 11) is 1.49. The van der Waals surface area contributed by atoms with Crippen molar-refractivity contribution in [3.63, 3.8) is 0 Å². The molecular formula is C28H30F4N2O4S. The van der Waals surface area contributed by atoms with E-state index in [4.69, 9.17) is 4.74 Å². The molecule has 0 amide bonds. The number of aliphatic carboxylic acids is 1. The largest absolute Gasteiger partial charge is 0.497 e. The van der Waals surface area contributed by atoms with Crippen molar-refractivity contribution in [2.45, 2.75) is 43.1 Å². The van der Waals surface area contributed by atoms with Gasteiger partial charge < -0.3 is 19.8 Å². The minimum absolute atomic E-state index is 0.0799. The number of benzene rings is 2. The molecule has 1 atom stereocenters. The van der Waals surface area contributed by atoms with Crippen LogP contribution in [0, 0.1) is 28.7 Å². The van der Waals surface area contributed by atoms with E-state index >= 15 is 0 Å². The molecule has 39 heavy (non-hydrogen) atoms. The zero-order valence-corrected chi connectivity index (χ0v) is 22.2. The number of ether oxygens (including phenoxy) is 1. The van der Waals surface area contributed by atoms with Crippen LogP contribution < -0.4 is 4.74 Å². The number of likely N-dealkylation sites (tertiary alicyclic amines) is 1. The zero-order chi connectivity index (χ0) is 28.2. The first-order valence-corrected chi connectivity index (χ1v) is 13.6. The van der Waals surface area contributed by atoms with Gasteiger partial charge in [0.1, 0.15) is 17.4 Å². The number of carbonyl (C=O) groups is 1. The molecule has 6 nitrogen and oxygen atoms in total. The second-order valence-electron chi connectivity index (χ2n) is 9.92. The van der Waals surface area contributed by atoms with Gasteiger partial charge in [0.2, 0.25) is 0 Å². The highest BCUT2D eigenvalue weighted by Crippen LogP contribution is 2.42. The van der Waals surface area contributed by atoms with E-state index in [0.717, 1.165) is 24.0 Å². The van der Waals surface area contributed by atoms with Crippen molar-refractivity contribution in [3.05, 3.63) is 65.4 Å². The van der Waals surface area contributed by atoms with Crippen LogP contribution in [0.15, 0.2) is 41.4 Å². The number of aliphatic hydroxyl groups is 1. The fourth-order valence-corrected chi connectivity index (χ4v) is 6.22. The summed E-state index contributed by atoms with van der Waals surface area (Å²) >= 11 is 1.02. The number of pyridine rings is 1. The summed E-state index contributed by atoms with van der Waals surface area (Å²) < 4.78 is 60.8. The molecule has 3 aromatic rings. The number of piperidine rings is 1. The van der Waals surface area contributed by atoms with Crippen LogP contribution in [0.1, 0.15) is 43.8 Å². The first kappa shape index (κ1) is 29.1. The molecule has 1 saturated heterocycles. The van der Waals surface area contributed by atoms with Crippen LogP contribution in [-0.4, -0.2) is 58.6 Å². The fraction of sp³-hybridized carbons (Fsp3) is 0.429. The van der Waals surface area contributed by atoms with Gasteiger partial charge in [0.05, 0.1) is 31.3 Å². The fourth-order valence-electron chi connectivity index (χ4n) is 5.23. The summed E-state index contributed by atoms with van der Waals surface area (Å²) in [6.07, 6.45) is 1.47. The highest BCUT2D eigenvalue weighted by Gasteiger charge is 2.37. The van der Waals surface area contributed by atoms with Crippen LogP contribution in [0.3, 0.4) is 0 Å². The highest BCUT2D eigenvalue weighted by atomic mass is 32.2. The molecule has 210 valence electrons. The quantitative estimate of drug-likeness (QED) is 0.168. The average Bonchev–Trinajstić information content (AvgIpc) is 2.90. The predicted octanol–water partition coefficient (Wildman–Crippen LogP) is 5.96. The molecule has 2 heterocycles. The van der Waals surface area contributed by atoms with Gasteiger partial charge in [0.15, 0.2) is 11.6 Å². The molecule has 0 spiro atoms. The molecule has 1 aliphatic rings. The third-order valence-corrected chi connectivity index (χ3v) is 8.41. The number of nitrogens with zero attached hydrogens (tertiary/aromatic N) is 2. The lowest BCUT2D eigenvalue weighted by Crippen LogP contribution is -2.42. The smallest absolute Gasteiger partial charge is 0.303 e. The number of aliphatic hydroxyl groups excluding tert-OH is 1. The summed E-state index contributed by atoms with van der Waals surface area (Å²) in [5, 5.41) is 21.1. The van der Waals surface area contributed by atoms with Gasteiger partial charge in [-0.3, -0.25) is 9.78 Å². The summed E-state index contributed by atoms with van der Waals surface area (Å²) in [4.78, 5) is 17.8. The van der Waals surface area contributed by atoms with Crippen LogP contribution in [0.25, 0.3) is 10.9 Å². The van der Waals surface area contributed by atoms with E-state index in [0.29, 0.717) is 67.4 Å². The number of carboxylic acids is 1. The van der Waals surface area contributed by atoms with Crippen molar-refractivity contribution < 1.29 is 37.3 Å². The number of halogens is 4. The van der Waals surface area contributed by atoms with E-state index in [1.807, 2.05) is 0 Å². The maximum Gasteiger partial charge on any atom is 0.303 e. The Morgan fingerprint density at radius 2 is 1.90 bits per heavy atom. The molecule has 2 N–H and O–H groups in total. The molecule has 4 rings (SSSR count).